The smallest absolute Gasteiger partial charge is 0.0213 e. The minimum absolute atomic E-state index is 0.262. The zero-order valence-corrected chi connectivity index (χ0v) is 10.4. The Labute approximate surface area is 93.8 Å². The molecule has 1 aliphatic rings. The first kappa shape index (κ1) is 10.2. The van der Waals surface area contributed by atoms with Crippen molar-refractivity contribution < 1.29 is 0 Å². The minimum Gasteiger partial charge on any atom is -0.327 e. The van der Waals surface area contributed by atoms with Gasteiger partial charge < -0.3 is 5.73 Å². The summed E-state index contributed by atoms with van der Waals surface area (Å²) in [5.74, 6) is 0.512. The van der Waals surface area contributed by atoms with E-state index in [1.165, 1.54) is 15.6 Å². The van der Waals surface area contributed by atoms with E-state index in [1.54, 1.807) is 0 Å². The molecule has 76 valence electrons. The van der Waals surface area contributed by atoms with Crippen LogP contribution in [0.25, 0.3) is 0 Å². The lowest BCUT2D eigenvalue weighted by Crippen LogP contribution is -2.06. The first-order valence-corrected chi connectivity index (χ1v) is 5.75. The van der Waals surface area contributed by atoms with Crippen LogP contribution < -0.4 is 5.73 Å². The molecule has 1 aromatic carbocycles. The van der Waals surface area contributed by atoms with Gasteiger partial charge in [0.1, 0.15) is 0 Å². The Balaban J connectivity index is 2.36. The van der Waals surface area contributed by atoms with Gasteiger partial charge in [0.05, 0.1) is 0 Å². The largest absolute Gasteiger partial charge is 0.327 e. The number of halogens is 1. The summed E-state index contributed by atoms with van der Waals surface area (Å²) in [5.41, 5.74) is 8.96. The quantitative estimate of drug-likeness (QED) is 0.818. The molecule has 0 aliphatic heterocycles. The van der Waals surface area contributed by atoms with Crippen LogP contribution in [0.5, 0.6) is 0 Å². The van der Waals surface area contributed by atoms with Crippen LogP contribution in [-0.2, 0) is 0 Å². The van der Waals surface area contributed by atoms with E-state index in [-0.39, 0.29) is 5.41 Å². The van der Waals surface area contributed by atoms with Gasteiger partial charge in [0, 0.05) is 16.4 Å². The molecule has 1 aliphatic carbocycles. The lowest BCUT2D eigenvalue weighted by molar-refractivity contribution is 0.598. The highest BCUT2D eigenvalue weighted by atomic mass is 79.9. The third-order valence-electron chi connectivity index (χ3n) is 3.40. The highest BCUT2D eigenvalue weighted by molar-refractivity contribution is 9.10. The summed E-state index contributed by atoms with van der Waals surface area (Å²) in [6.45, 7) is 6.57. The maximum atomic E-state index is 6.06. The summed E-state index contributed by atoms with van der Waals surface area (Å²) in [4.78, 5) is 0. The van der Waals surface area contributed by atoms with Crippen molar-refractivity contribution in [1.29, 1.82) is 0 Å². The molecule has 1 saturated carbocycles. The molecular weight excluding hydrogens is 238 g/mol. The number of aryl methyl sites for hydroxylation is 1. The highest BCUT2D eigenvalue weighted by Gasteiger charge is 2.56. The van der Waals surface area contributed by atoms with Gasteiger partial charge in [0.25, 0.3) is 0 Å². The van der Waals surface area contributed by atoms with E-state index in [4.69, 9.17) is 5.73 Å². The van der Waals surface area contributed by atoms with Crippen LogP contribution in [-0.4, -0.2) is 6.04 Å². The summed E-state index contributed by atoms with van der Waals surface area (Å²) in [6, 6.07) is 6.82. The van der Waals surface area contributed by atoms with Crippen molar-refractivity contribution in [1.82, 2.24) is 0 Å². The molecule has 14 heavy (non-hydrogen) atoms. The average Bonchev–Trinajstić information content (AvgIpc) is 2.54. The van der Waals surface area contributed by atoms with Crippen molar-refractivity contribution in [3.05, 3.63) is 33.8 Å². The number of benzene rings is 1. The monoisotopic (exact) mass is 253 g/mol. The fourth-order valence-corrected chi connectivity index (χ4v) is 2.90. The number of hydrogen-bond acceptors (Lipinski definition) is 1. The van der Waals surface area contributed by atoms with Gasteiger partial charge in [0.2, 0.25) is 0 Å². The second-order valence-electron chi connectivity index (χ2n) is 4.85. The van der Waals surface area contributed by atoms with Gasteiger partial charge in [0.15, 0.2) is 0 Å². The van der Waals surface area contributed by atoms with E-state index in [2.05, 4.69) is 54.9 Å². The first-order chi connectivity index (χ1) is 6.44. The van der Waals surface area contributed by atoms with Gasteiger partial charge in [-0.25, -0.2) is 0 Å². The molecule has 0 radical (unpaired) electrons. The molecule has 2 rings (SSSR count). The van der Waals surface area contributed by atoms with E-state index in [9.17, 15) is 0 Å². The van der Waals surface area contributed by atoms with Crippen LogP contribution in [0, 0.1) is 12.3 Å². The second-order valence-corrected chi connectivity index (χ2v) is 5.70. The summed E-state index contributed by atoms with van der Waals surface area (Å²) in [5, 5.41) is 0. The SMILES string of the molecule is Cc1ccc([C@@H]2[C@@H](N)C2(C)C)c(Br)c1. The number of rotatable bonds is 1. The van der Waals surface area contributed by atoms with E-state index in [1.807, 2.05) is 0 Å². The molecule has 0 heterocycles. The standard InChI is InChI=1S/C12H16BrN/c1-7-4-5-8(9(13)6-7)10-11(14)12(10,2)3/h4-6,10-11H,14H2,1-3H3/t10-,11-/m1/s1. The molecule has 1 fully saturated rings. The molecule has 2 N–H and O–H groups in total. The summed E-state index contributed by atoms with van der Waals surface area (Å²) in [6.07, 6.45) is 0. The van der Waals surface area contributed by atoms with Crippen LogP contribution >= 0.6 is 15.9 Å². The van der Waals surface area contributed by atoms with Crippen LogP contribution in [0.4, 0.5) is 0 Å². The van der Waals surface area contributed by atoms with Crippen molar-refractivity contribution in [3.8, 4) is 0 Å². The molecule has 0 bridgehead atoms. The molecule has 0 amide bonds. The van der Waals surface area contributed by atoms with Crippen LogP contribution in [0.15, 0.2) is 22.7 Å². The fourth-order valence-electron chi connectivity index (χ4n) is 2.16. The van der Waals surface area contributed by atoms with Gasteiger partial charge in [-0.1, -0.05) is 41.9 Å². The summed E-state index contributed by atoms with van der Waals surface area (Å²) in [7, 11) is 0. The Hall–Kier alpha value is -0.340. The van der Waals surface area contributed by atoms with Gasteiger partial charge in [-0.05, 0) is 29.5 Å². The molecule has 0 spiro atoms. The Morgan fingerprint density at radius 1 is 1.36 bits per heavy atom. The zero-order chi connectivity index (χ0) is 10.5. The van der Waals surface area contributed by atoms with Gasteiger partial charge in [-0.3, -0.25) is 0 Å². The summed E-state index contributed by atoms with van der Waals surface area (Å²) < 4.78 is 1.20. The van der Waals surface area contributed by atoms with Crippen molar-refractivity contribution in [2.24, 2.45) is 11.1 Å². The molecule has 1 nitrogen and oxygen atoms in total. The third kappa shape index (κ3) is 1.41. The second kappa shape index (κ2) is 3.07. The molecule has 0 aromatic heterocycles. The first-order valence-electron chi connectivity index (χ1n) is 4.96. The van der Waals surface area contributed by atoms with E-state index in [0.29, 0.717) is 12.0 Å². The molecular formula is C12H16BrN. The topological polar surface area (TPSA) is 26.0 Å². The van der Waals surface area contributed by atoms with Crippen LogP contribution in [0.3, 0.4) is 0 Å². The van der Waals surface area contributed by atoms with Crippen molar-refractivity contribution in [3.63, 3.8) is 0 Å². The predicted molar refractivity (Wildman–Crippen MR) is 63.4 cm³/mol. The Bertz CT molecular complexity index is 371. The van der Waals surface area contributed by atoms with E-state index in [0.717, 1.165) is 0 Å². The Morgan fingerprint density at radius 2 is 1.93 bits per heavy atom. The number of hydrogen-bond donors (Lipinski definition) is 1. The fraction of sp³-hybridized carbons (Fsp3) is 0.500. The van der Waals surface area contributed by atoms with E-state index >= 15 is 0 Å². The van der Waals surface area contributed by atoms with Gasteiger partial charge in [-0.15, -0.1) is 0 Å². The lowest BCUT2D eigenvalue weighted by Gasteiger charge is -2.06. The molecule has 2 atom stereocenters. The third-order valence-corrected chi connectivity index (χ3v) is 4.09. The predicted octanol–water partition coefficient (Wildman–Crippen LogP) is 3.21. The Morgan fingerprint density at radius 3 is 2.36 bits per heavy atom. The highest BCUT2D eigenvalue weighted by Crippen LogP contribution is 2.58. The normalized spacial score (nSPS) is 28.9. The lowest BCUT2D eigenvalue weighted by atomic mass is 10.0. The summed E-state index contributed by atoms with van der Waals surface area (Å²) >= 11 is 3.61. The van der Waals surface area contributed by atoms with Crippen molar-refractivity contribution in [2.45, 2.75) is 32.7 Å². The van der Waals surface area contributed by atoms with Crippen molar-refractivity contribution >= 4 is 15.9 Å². The van der Waals surface area contributed by atoms with Crippen LogP contribution in [0.2, 0.25) is 0 Å². The van der Waals surface area contributed by atoms with E-state index < -0.39 is 0 Å². The van der Waals surface area contributed by atoms with Crippen LogP contribution in [0.1, 0.15) is 30.9 Å². The van der Waals surface area contributed by atoms with Crippen molar-refractivity contribution in [2.75, 3.05) is 0 Å². The number of nitrogens with two attached hydrogens (primary N) is 1. The molecule has 0 unspecified atom stereocenters. The molecule has 1 aromatic rings. The zero-order valence-electron chi connectivity index (χ0n) is 8.84. The minimum atomic E-state index is 0.262. The van der Waals surface area contributed by atoms with Gasteiger partial charge in [-0.2, -0.15) is 0 Å². The Kier molecular flexibility index (Phi) is 2.24. The molecule has 2 heteroatoms. The maximum absolute atomic E-state index is 6.06. The maximum Gasteiger partial charge on any atom is 0.0213 e. The average molecular weight is 254 g/mol. The molecule has 0 saturated heterocycles. The van der Waals surface area contributed by atoms with Gasteiger partial charge >= 0.3 is 0 Å².